The second-order valence-corrected chi connectivity index (χ2v) is 5.30. The first-order valence-electron chi connectivity index (χ1n) is 7.38. The average Bonchev–Trinajstić information content (AvgIpc) is 2.58. The minimum absolute atomic E-state index is 0.149. The molecule has 2 amide bonds. The van der Waals surface area contributed by atoms with E-state index in [9.17, 15) is 22.8 Å². The predicted octanol–water partition coefficient (Wildman–Crippen LogP) is 2.99. The monoisotopic (exact) mass is 368 g/mol. The van der Waals surface area contributed by atoms with Crippen LogP contribution >= 0.6 is 0 Å². The van der Waals surface area contributed by atoms with E-state index in [2.05, 4.69) is 5.32 Å². The SMILES string of the molecule is CN(O)C(=O)c1ccc(COC(=O)NCc2c(F)cc(F)cc2F)cc1. The highest BCUT2D eigenvalue weighted by Crippen LogP contribution is 2.14. The molecule has 0 saturated carbocycles. The highest BCUT2D eigenvalue weighted by molar-refractivity contribution is 5.93. The molecule has 0 aromatic heterocycles. The molecule has 0 aliphatic carbocycles. The number of hydroxylamine groups is 2. The first-order chi connectivity index (χ1) is 12.3. The Kier molecular flexibility index (Phi) is 6.18. The molecular weight excluding hydrogens is 353 g/mol. The lowest BCUT2D eigenvalue weighted by atomic mass is 10.1. The Hall–Kier alpha value is -3.07. The summed E-state index contributed by atoms with van der Waals surface area (Å²) in [6, 6.07) is 6.94. The van der Waals surface area contributed by atoms with E-state index in [4.69, 9.17) is 9.94 Å². The molecule has 0 bridgehead atoms. The number of amides is 2. The van der Waals surface area contributed by atoms with E-state index in [1.165, 1.54) is 31.3 Å². The average molecular weight is 368 g/mol. The summed E-state index contributed by atoms with van der Waals surface area (Å²) >= 11 is 0. The molecule has 0 spiro atoms. The maximum Gasteiger partial charge on any atom is 0.407 e. The van der Waals surface area contributed by atoms with Gasteiger partial charge in [0.15, 0.2) is 0 Å². The Morgan fingerprint density at radius 1 is 1.12 bits per heavy atom. The largest absolute Gasteiger partial charge is 0.445 e. The number of nitrogens with one attached hydrogen (secondary N) is 1. The van der Waals surface area contributed by atoms with Crippen LogP contribution in [0.1, 0.15) is 21.5 Å². The van der Waals surface area contributed by atoms with E-state index in [1.807, 2.05) is 0 Å². The molecule has 0 unspecified atom stereocenters. The highest BCUT2D eigenvalue weighted by Gasteiger charge is 2.13. The predicted molar refractivity (Wildman–Crippen MR) is 83.7 cm³/mol. The Bertz CT molecular complexity index is 787. The van der Waals surface area contributed by atoms with E-state index in [0.29, 0.717) is 22.8 Å². The van der Waals surface area contributed by atoms with Crippen LogP contribution in [0.2, 0.25) is 0 Å². The molecule has 26 heavy (non-hydrogen) atoms. The number of nitrogens with zero attached hydrogens (tertiary/aromatic N) is 1. The van der Waals surface area contributed by atoms with Gasteiger partial charge < -0.3 is 10.1 Å². The third-order valence-corrected chi connectivity index (χ3v) is 3.38. The van der Waals surface area contributed by atoms with Gasteiger partial charge in [-0.15, -0.1) is 0 Å². The minimum Gasteiger partial charge on any atom is -0.445 e. The Labute approximate surface area is 146 Å². The molecule has 0 fully saturated rings. The van der Waals surface area contributed by atoms with Gasteiger partial charge in [0.05, 0.1) is 6.54 Å². The molecule has 2 N–H and O–H groups in total. The first-order valence-corrected chi connectivity index (χ1v) is 7.38. The van der Waals surface area contributed by atoms with Crippen molar-refractivity contribution in [3.05, 3.63) is 70.5 Å². The fourth-order valence-corrected chi connectivity index (χ4v) is 2.03. The maximum absolute atomic E-state index is 13.5. The summed E-state index contributed by atoms with van der Waals surface area (Å²) in [6.45, 7) is -0.656. The lowest BCUT2D eigenvalue weighted by Gasteiger charge is -2.10. The topological polar surface area (TPSA) is 78.9 Å². The molecule has 0 saturated heterocycles. The molecule has 6 nitrogen and oxygen atoms in total. The molecule has 2 aromatic rings. The molecule has 138 valence electrons. The molecule has 2 rings (SSSR count). The zero-order valence-electron chi connectivity index (χ0n) is 13.6. The fraction of sp³-hybridized carbons (Fsp3) is 0.176. The number of halogens is 3. The van der Waals surface area contributed by atoms with Crippen LogP contribution in [0.25, 0.3) is 0 Å². The van der Waals surface area contributed by atoms with Crippen molar-refractivity contribution >= 4 is 12.0 Å². The van der Waals surface area contributed by atoms with E-state index in [0.717, 1.165) is 0 Å². The summed E-state index contributed by atoms with van der Waals surface area (Å²) < 4.78 is 44.6. The van der Waals surface area contributed by atoms with Gasteiger partial charge in [0, 0.05) is 30.3 Å². The maximum atomic E-state index is 13.5. The number of benzene rings is 2. The molecule has 0 aliphatic rings. The van der Waals surface area contributed by atoms with E-state index >= 15 is 0 Å². The molecule has 0 aliphatic heterocycles. The Morgan fingerprint density at radius 2 is 1.69 bits per heavy atom. The number of carbonyl (C=O) groups is 2. The van der Waals surface area contributed by atoms with Crippen LogP contribution in [0.5, 0.6) is 0 Å². The van der Waals surface area contributed by atoms with Gasteiger partial charge in [0.25, 0.3) is 5.91 Å². The molecular formula is C17H15F3N2O4. The number of rotatable bonds is 5. The molecule has 0 heterocycles. The summed E-state index contributed by atoms with van der Waals surface area (Å²) in [7, 11) is 1.19. The van der Waals surface area contributed by atoms with Crippen molar-refractivity contribution in [2.45, 2.75) is 13.2 Å². The minimum atomic E-state index is -1.11. The quantitative estimate of drug-likeness (QED) is 0.628. The standard InChI is InChI=1S/C17H15F3N2O4/c1-22(25)16(23)11-4-2-10(3-5-11)9-26-17(24)21-8-13-14(19)6-12(18)7-15(13)20/h2-7,25H,8-9H2,1H3,(H,21,24). The summed E-state index contributed by atoms with van der Waals surface area (Å²) in [5.74, 6) is -3.88. The normalized spacial score (nSPS) is 10.3. The van der Waals surface area contributed by atoms with Gasteiger partial charge >= 0.3 is 6.09 Å². The van der Waals surface area contributed by atoms with Gasteiger partial charge in [-0.25, -0.2) is 23.0 Å². The summed E-state index contributed by atoms with van der Waals surface area (Å²) in [5.41, 5.74) is 0.307. The number of ether oxygens (including phenoxy) is 1. The second kappa shape index (κ2) is 8.34. The van der Waals surface area contributed by atoms with E-state index in [-0.39, 0.29) is 12.2 Å². The molecule has 2 aromatic carbocycles. The lowest BCUT2D eigenvalue weighted by Crippen LogP contribution is -2.25. The van der Waals surface area contributed by atoms with Crippen LogP contribution in [-0.2, 0) is 17.9 Å². The van der Waals surface area contributed by atoms with Gasteiger partial charge in [-0.3, -0.25) is 10.0 Å². The van der Waals surface area contributed by atoms with Crippen molar-refractivity contribution in [3.63, 3.8) is 0 Å². The molecule has 9 heteroatoms. The van der Waals surface area contributed by atoms with Crippen LogP contribution in [0, 0.1) is 17.5 Å². The van der Waals surface area contributed by atoms with Crippen LogP contribution < -0.4 is 5.32 Å². The van der Waals surface area contributed by atoms with Crippen LogP contribution in [0.4, 0.5) is 18.0 Å². The lowest BCUT2D eigenvalue weighted by molar-refractivity contribution is -0.0374. The van der Waals surface area contributed by atoms with Crippen LogP contribution in [-0.4, -0.2) is 29.3 Å². The van der Waals surface area contributed by atoms with Crippen molar-refractivity contribution in [3.8, 4) is 0 Å². The highest BCUT2D eigenvalue weighted by atomic mass is 19.1. The van der Waals surface area contributed by atoms with Crippen molar-refractivity contribution in [1.82, 2.24) is 10.4 Å². The first kappa shape index (κ1) is 19.3. The molecule has 0 atom stereocenters. The van der Waals surface area contributed by atoms with Gasteiger partial charge in [-0.1, -0.05) is 12.1 Å². The van der Waals surface area contributed by atoms with Crippen LogP contribution in [0.15, 0.2) is 36.4 Å². The van der Waals surface area contributed by atoms with Crippen molar-refractivity contribution in [2.24, 2.45) is 0 Å². The molecule has 0 radical (unpaired) electrons. The van der Waals surface area contributed by atoms with Gasteiger partial charge in [0.2, 0.25) is 0 Å². The smallest absolute Gasteiger partial charge is 0.407 e. The number of hydrogen-bond donors (Lipinski definition) is 2. The number of alkyl carbamates (subject to hydrolysis) is 1. The van der Waals surface area contributed by atoms with Gasteiger partial charge in [-0.2, -0.15) is 0 Å². The zero-order chi connectivity index (χ0) is 19.3. The van der Waals surface area contributed by atoms with Crippen LogP contribution in [0.3, 0.4) is 0 Å². The third-order valence-electron chi connectivity index (χ3n) is 3.38. The zero-order valence-corrected chi connectivity index (χ0v) is 13.6. The number of carbonyl (C=O) groups excluding carboxylic acids is 2. The summed E-state index contributed by atoms with van der Waals surface area (Å²) in [4.78, 5) is 23.1. The third kappa shape index (κ3) is 4.96. The van der Waals surface area contributed by atoms with Gasteiger partial charge in [0.1, 0.15) is 24.1 Å². The van der Waals surface area contributed by atoms with Crippen molar-refractivity contribution in [2.75, 3.05) is 7.05 Å². The van der Waals surface area contributed by atoms with E-state index in [1.54, 1.807) is 0 Å². The van der Waals surface area contributed by atoms with Crippen molar-refractivity contribution < 1.29 is 32.7 Å². The Morgan fingerprint density at radius 3 is 2.23 bits per heavy atom. The van der Waals surface area contributed by atoms with Crippen molar-refractivity contribution in [1.29, 1.82) is 0 Å². The Balaban J connectivity index is 1.87. The second-order valence-electron chi connectivity index (χ2n) is 5.30. The summed E-state index contributed by atoms with van der Waals surface area (Å²) in [5, 5.41) is 11.7. The van der Waals surface area contributed by atoms with Gasteiger partial charge in [-0.05, 0) is 17.7 Å². The van der Waals surface area contributed by atoms with E-state index < -0.39 is 41.6 Å². The summed E-state index contributed by atoms with van der Waals surface area (Å²) in [6.07, 6.45) is -0.927. The number of hydrogen-bond acceptors (Lipinski definition) is 4. The fourth-order valence-electron chi connectivity index (χ4n) is 2.03.